The first-order valence-electron chi connectivity index (χ1n) is 9.46. The zero-order chi connectivity index (χ0) is 20.4. The summed E-state index contributed by atoms with van der Waals surface area (Å²) in [7, 11) is 1.98. The minimum atomic E-state index is -1.40. The molecule has 5 nitrogen and oxygen atoms in total. The minimum Gasteiger partial charge on any atom is -0.477 e. The summed E-state index contributed by atoms with van der Waals surface area (Å²) in [5.74, 6) is -3.10. The number of pyridine rings is 1. The number of aromatic nitrogens is 1. The topological polar surface area (TPSA) is 62.5 Å². The highest BCUT2D eigenvalue weighted by molar-refractivity contribution is 5.94. The zero-order valence-corrected chi connectivity index (χ0v) is 15.7. The van der Waals surface area contributed by atoms with Gasteiger partial charge in [0.15, 0.2) is 5.82 Å². The molecule has 1 saturated carbocycles. The van der Waals surface area contributed by atoms with Gasteiger partial charge in [-0.3, -0.25) is 9.69 Å². The van der Waals surface area contributed by atoms with Crippen LogP contribution in [0.1, 0.15) is 40.4 Å². The SMILES string of the molecule is CN1Cc2ccc(-c3c(F)cc4c(=O)c(C(=O)O)cn(C5CC5)c4c3F)cc2C1. The molecule has 29 heavy (non-hydrogen) atoms. The molecule has 148 valence electrons. The highest BCUT2D eigenvalue weighted by Crippen LogP contribution is 2.40. The molecule has 1 fully saturated rings. The fraction of sp³-hybridized carbons (Fsp3) is 0.273. The van der Waals surface area contributed by atoms with Gasteiger partial charge in [-0.1, -0.05) is 12.1 Å². The molecule has 1 N–H and O–H groups in total. The van der Waals surface area contributed by atoms with Crippen LogP contribution >= 0.6 is 0 Å². The molecule has 3 aromatic rings. The van der Waals surface area contributed by atoms with E-state index in [0.717, 1.165) is 36.6 Å². The van der Waals surface area contributed by atoms with Crippen LogP contribution in [0.5, 0.6) is 0 Å². The van der Waals surface area contributed by atoms with Gasteiger partial charge in [-0.05, 0) is 48.7 Å². The van der Waals surface area contributed by atoms with Gasteiger partial charge < -0.3 is 9.67 Å². The van der Waals surface area contributed by atoms with Gasteiger partial charge in [-0.15, -0.1) is 0 Å². The highest BCUT2D eigenvalue weighted by atomic mass is 19.1. The number of nitrogens with zero attached hydrogens (tertiary/aromatic N) is 2. The van der Waals surface area contributed by atoms with Crippen LogP contribution in [0.2, 0.25) is 0 Å². The van der Waals surface area contributed by atoms with Crippen molar-refractivity contribution in [3.63, 3.8) is 0 Å². The van der Waals surface area contributed by atoms with Gasteiger partial charge in [0, 0.05) is 25.3 Å². The van der Waals surface area contributed by atoms with Crippen molar-refractivity contribution >= 4 is 16.9 Å². The number of rotatable bonds is 3. The molecule has 0 radical (unpaired) electrons. The van der Waals surface area contributed by atoms with Crippen LogP contribution in [0, 0.1) is 11.6 Å². The molecule has 1 aliphatic carbocycles. The van der Waals surface area contributed by atoms with Crippen molar-refractivity contribution in [1.29, 1.82) is 0 Å². The van der Waals surface area contributed by atoms with E-state index in [-0.39, 0.29) is 22.5 Å². The van der Waals surface area contributed by atoms with Gasteiger partial charge >= 0.3 is 5.97 Å². The maximum absolute atomic E-state index is 15.6. The van der Waals surface area contributed by atoms with Crippen molar-refractivity contribution in [3.8, 4) is 11.1 Å². The standard InChI is InChI=1S/C22H18F2N2O3/c1-25-8-12-3-2-11(6-13(12)9-25)18-17(23)7-15-20(19(18)24)26(14-4-5-14)10-16(21(15)27)22(28)29/h2-3,6-7,10,14H,4-5,8-9H2,1H3,(H,28,29). The quantitative estimate of drug-likeness (QED) is 0.729. The summed E-state index contributed by atoms with van der Waals surface area (Å²) in [4.78, 5) is 26.1. The molecular formula is C22H18F2N2O3. The average Bonchev–Trinajstić information content (AvgIpc) is 3.43. The van der Waals surface area contributed by atoms with Crippen LogP contribution < -0.4 is 5.43 Å². The summed E-state index contributed by atoms with van der Waals surface area (Å²) in [6.45, 7) is 1.49. The van der Waals surface area contributed by atoms with Gasteiger partial charge in [0.2, 0.25) is 5.43 Å². The molecule has 0 saturated heterocycles. The molecular weight excluding hydrogens is 378 g/mol. The lowest BCUT2D eigenvalue weighted by Gasteiger charge is -2.15. The number of aromatic carboxylic acids is 1. The average molecular weight is 396 g/mol. The summed E-state index contributed by atoms with van der Waals surface area (Å²) in [6, 6.07) is 6.24. The molecule has 2 aromatic carbocycles. The van der Waals surface area contributed by atoms with Crippen LogP contribution in [0.25, 0.3) is 22.0 Å². The Hall–Kier alpha value is -3.06. The fourth-order valence-corrected chi connectivity index (χ4v) is 4.22. The van der Waals surface area contributed by atoms with Crippen LogP contribution in [-0.2, 0) is 13.1 Å². The Bertz CT molecular complexity index is 1260. The van der Waals surface area contributed by atoms with Crippen molar-refractivity contribution in [1.82, 2.24) is 9.47 Å². The molecule has 7 heteroatoms. The van der Waals surface area contributed by atoms with E-state index < -0.39 is 28.6 Å². The number of carboxylic acid groups (broad SMARTS) is 1. The molecule has 0 amide bonds. The van der Waals surface area contributed by atoms with E-state index >= 15 is 8.78 Å². The van der Waals surface area contributed by atoms with Crippen molar-refractivity contribution in [2.45, 2.75) is 32.0 Å². The van der Waals surface area contributed by atoms with Crippen LogP contribution in [0.15, 0.2) is 35.3 Å². The van der Waals surface area contributed by atoms with E-state index in [1.807, 2.05) is 13.1 Å². The Morgan fingerprint density at radius 3 is 2.55 bits per heavy atom. The van der Waals surface area contributed by atoms with Gasteiger partial charge in [0.25, 0.3) is 0 Å². The van der Waals surface area contributed by atoms with Crippen molar-refractivity contribution in [3.05, 3.63) is 69.0 Å². The number of hydrogen-bond donors (Lipinski definition) is 1. The van der Waals surface area contributed by atoms with E-state index in [4.69, 9.17) is 0 Å². The molecule has 1 aliphatic heterocycles. The summed E-state index contributed by atoms with van der Waals surface area (Å²) >= 11 is 0. The lowest BCUT2D eigenvalue weighted by Crippen LogP contribution is -2.20. The van der Waals surface area contributed by atoms with E-state index in [9.17, 15) is 14.7 Å². The maximum atomic E-state index is 15.6. The predicted octanol–water partition coefficient (Wildman–Crippen LogP) is 3.93. The second-order valence-corrected chi connectivity index (χ2v) is 7.91. The van der Waals surface area contributed by atoms with E-state index in [1.165, 1.54) is 10.8 Å². The normalized spacial score (nSPS) is 16.4. The monoisotopic (exact) mass is 396 g/mol. The third kappa shape index (κ3) is 2.76. The fourth-order valence-electron chi connectivity index (χ4n) is 4.22. The number of carboxylic acids is 1. The second-order valence-electron chi connectivity index (χ2n) is 7.91. The maximum Gasteiger partial charge on any atom is 0.341 e. The Morgan fingerprint density at radius 2 is 1.86 bits per heavy atom. The molecule has 0 spiro atoms. The van der Waals surface area contributed by atoms with Crippen LogP contribution in [-0.4, -0.2) is 27.6 Å². The van der Waals surface area contributed by atoms with Gasteiger partial charge in [0.05, 0.1) is 16.5 Å². The Labute approximate surface area is 164 Å². The molecule has 2 aliphatic rings. The molecule has 0 atom stereocenters. The first-order chi connectivity index (χ1) is 13.8. The Balaban J connectivity index is 1.80. The molecule has 5 rings (SSSR count). The molecule has 1 aromatic heterocycles. The first kappa shape index (κ1) is 18.0. The van der Waals surface area contributed by atoms with Gasteiger partial charge in [-0.2, -0.15) is 0 Å². The Kier molecular flexibility index (Phi) is 3.86. The molecule has 0 unspecified atom stereocenters. The second kappa shape index (κ2) is 6.22. The first-order valence-corrected chi connectivity index (χ1v) is 9.46. The third-order valence-corrected chi connectivity index (χ3v) is 5.75. The van der Waals surface area contributed by atoms with Crippen molar-refractivity contribution < 1.29 is 18.7 Å². The number of halogens is 2. The van der Waals surface area contributed by atoms with Crippen molar-refractivity contribution in [2.24, 2.45) is 0 Å². The molecule has 0 bridgehead atoms. The van der Waals surface area contributed by atoms with E-state index in [0.29, 0.717) is 12.1 Å². The van der Waals surface area contributed by atoms with Gasteiger partial charge in [0.1, 0.15) is 11.4 Å². The third-order valence-electron chi connectivity index (χ3n) is 5.75. The summed E-state index contributed by atoms with van der Waals surface area (Å²) in [5, 5.41) is 9.09. The number of carbonyl (C=O) groups is 1. The minimum absolute atomic E-state index is 0.0310. The van der Waals surface area contributed by atoms with Crippen molar-refractivity contribution in [2.75, 3.05) is 7.05 Å². The lowest BCUT2D eigenvalue weighted by atomic mass is 9.97. The summed E-state index contributed by atoms with van der Waals surface area (Å²) < 4.78 is 32.1. The Morgan fingerprint density at radius 1 is 1.14 bits per heavy atom. The van der Waals surface area contributed by atoms with Crippen LogP contribution in [0.4, 0.5) is 8.78 Å². The van der Waals surface area contributed by atoms with E-state index in [1.54, 1.807) is 12.1 Å². The number of benzene rings is 2. The number of fused-ring (bicyclic) bond motifs is 2. The van der Waals surface area contributed by atoms with Gasteiger partial charge in [-0.25, -0.2) is 13.6 Å². The summed E-state index contributed by atoms with van der Waals surface area (Å²) in [6.07, 6.45) is 2.70. The zero-order valence-electron chi connectivity index (χ0n) is 15.7. The largest absolute Gasteiger partial charge is 0.477 e. The van der Waals surface area contributed by atoms with E-state index in [2.05, 4.69) is 4.90 Å². The number of hydrogen-bond acceptors (Lipinski definition) is 3. The van der Waals surface area contributed by atoms with Crippen LogP contribution in [0.3, 0.4) is 0 Å². The lowest BCUT2D eigenvalue weighted by molar-refractivity contribution is 0.0695. The molecule has 2 heterocycles. The predicted molar refractivity (Wildman–Crippen MR) is 104 cm³/mol. The smallest absolute Gasteiger partial charge is 0.341 e. The summed E-state index contributed by atoms with van der Waals surface area (Å²) in [5.41, 5.74) is 0.987. The highest BCUT2D eigenvalue weighted by Gasteiger charge is 2.30.